The number of amides is 14. The first-order valence-corrected chi connectivity index (χ1v) is 27.5. The Morgan fingerprint density at radius 1 is 0.404 bits per heavy atom. The van der Waals surface area contributed by atoms with Crippen molar-refractivity contribution < 1.29 is 71.7 Å². The van der Waals surface area contributed by atoms with Crippen LogP contribution in [0.2, 0.25) is 0 Å². The number of hydrogen-bond acceptors (Lipinski definition) is 17. The predicted molar refractivity (Wildman–Crippen MR) is 327 cm³/mol. The van der Waals surface area contributed by atoms with Crippen molar-refractivity contribution in [3.63, 3.8) is 0 Å². The molecule has 14 amide bonds. The van der Waals surface area contributed by atoms with Gasteiger partial charge in [0.25, 0.3) is 23.6 Å². The lowest BCUT2D eigenvalue weighted by Gasteiger charge is -2.22. The van der Waals surface area contributed by atoms with E-state index in [-0.39, 0.29) is 145 Å². The summed E-state index contributed by atoms with van der Waals surface area (Å²) in [4.78, 5) is 148. The molecule has 0 unspecified atom stereocenters. The molecule has 0 saturated carbocycles. The number of nitrogens with one attached hydrogen (secondary N) is 10. The fourth-order valence-corrected chi connectivity index (χ4v) is 8.51. The molecule has 4 atom stereocenters. The van der Waals surface area contributed by atoms with Gasteiger partial charge in [0, 0.05) is 48.9 Å². The summed E-state index contributed by atoms with van der Waals surface area (Å²) in [5, 5.41) is 25.9. The molecule has 4 aromatic rings. The van der Waals surface area contributed by atoms with E-state index in [9.17, 15) is 52.7 Å². The van der Waals surface area contributed by atoms with Crippen LogP contribution in [0.4, 0.5) is 37.1 Å². The number of hydrogen-bond donors (Lipinski definition) is 17. The fourth-order valence-electron chi connectivity index (χ4n) is 8.51. The SMILES string of the molecule is COc1ccc(NC(=O)[C@@H](CCCN=C(N)N)NC(=O)c2cc(NC(=O)[C@@H](CCCNC(N)=O)NC(=O)c3cc(NC(=O)[C@@H](CCCNC(N)=O)NC(=O)c4cc(NC(=O)[C@H](N)CCCNC(N)=O)ccc4OC)ccc3OC)ccc2OC)cc1C(N)=O. The van der Waals surface area contributed by atoms with Crippen molar-refractivity contribution in [3.8, 4) is 23.0 Å². The number of ether oxygens (including phenoxy) is 4. The zero-order valence-electron chi connectivity index (χ0n) is 49.3. The Balaban J connectivity index is 1.60. The highest BCUT2D eigenvalue weighted by Gasteiger charge is 2.29. The molecule has 0 fully saturated rings. The maximum Gasteiger partial charge on any atom is 0.312 e. The minimum Gasteiger partial charge on any atom is -0.496 e. The van der Waals surface area contributed by atoms with Crippen molar-refractivity contribution in [3.05, 3.63) is 95.1 Å². The normalized spacial score (nSPS) is 11.9. The maximum absolute atomic E-state index is 14.3. The standard InChI is InChI=1S/C56H76N18O15/c1-86-41-17-13-29(25-33(41)45(58)75)69-50(80)38(10-6-21-64-53(59)60)72-47(77)35-27-31(15-19-43(35)88-3)71-52(82)40(12-8-24-67-56(63)85)74-48(78)36-28-32(16-20-44(36)89-4)70-51(81)39(11-7-23-66-55(62)84)73-46(76)34-26-30(14-18-42(34)87-2)68-49(79)37(57)9-5-22-65-54(61)83/h13-20,25-28,37-40H,5-12,21-24,57H2,1-4H3,(H2,58,75)(H,68,79)(H,69,80)(H,70,81)(H,71,82)(H,72,77)(H,73,76)(H,74,78)(H4,59,60,64)(H3,61,65,83)(H3,62,66,84)(H3,63,67,85)/t37-,38-,39-,40-/m1/s1. The Hall–Kier alpha value is -11.1. The second-order valence-corrected chi connectivity index (χ2v) is 19.4. The minimum atomic E-state index is -1.38. The summed E-state index contributed by atoms with van der Waals surface area (Å²) in [6.07, 6.45) is 0.776. The number of rotatable bonds is 35. The van der Waals surface area contributed by atoms with Crippen LogP contribution in [0.25, 0.3) is 0 Å². The molecular weight excluding hydrogens is 1160 g/mol. The smallest absolute Gasteiger partial charge is 0.312 e. The lowest BCUT2D eigenvalue weighted by molar-refractivity contribution is -0.118. The average molecular weight is 1240 g/mol. The Bertz CT molecular complexity index is 3250. The van der Waals surface area contributed by atoms with Gasteiger partial charge in [-0.3, -0.25) is 43.3 Å². The van der Waals surface area contributed by atoms with Crippen LogP contribution in [0, 0.1) is 0 Å². The largest absolute Gasteiger partial charge is 0.496 e. The zero-order valence-corrected chi connectivity index (χ0v) is 49.3. The summed E-state index contributed by atoms with van der Waals surface area (Å²) in [6, 6.07) is 9.03. The highest BCUT2D eigenvalue weighted by Crippen LogP contribution is 2.28. The Morgan fingerprint density at radius 2 is 0.697 bits per heavy atom. The first-order chi connectivity index (χ1) is 42.4. The second kappa shape index (κ2) is 35.4. The first-order valence-electron chi connectivity index (χ1n) is 27.5. The molecule has 0 aromatic heterocycles. The van der Waals surface area contributed by atoms with Crippen LogP contribution in [-0.4, -0.2) is 150 Å². The topological polar surface area (TPSA) is 539 Å². The van der Waals surface area contributed by atoms with E-state index in [1.54, 1.807) is 0 Å². The van der Waals surface area contributed by atoms with Gasteiger partial charge in [-0.15, -0.1) is 0 Å². The maximum atomic E-state index is 14.3. The lowest BCUT2D eigenvalue weighted by Crippen LogP contribution is -2.45. The van der Waals surface area contributed by atoms with Gasteiger partial charge in [0.15, 0.2) is 5.96 Å². The van der Waals surface area contributed by atoms with Crippen LogP contribution in [0.5, 0.6) is 23.0 Å². The van der Waals surface area contributed by atoms with E-state index in [1.807, 2.05) is 0 Å². The van der Waals surface area contributed by atoms with E-state index in [1.165, 1.54) is 101 Å². The molecule has 4 rings (SSSR count). The number of carbonyl (C=O) groups is 11. The van der Waals surface area contributed by atoms with Crippen LogP contribution in [0.15, 0.2) is 77.8 Å². The molecule has 0 saturated heterocycles. The molecule has 89 heavy (non-hydrogen) atoms. The molecule has 0 aliphatic carbocycles. The first kappa shape index (κ1) is 70.4. The van der Waals surface area contributed by atoms with Crippen LogP contribution < -0.4 is 112 Å². The van der Waals surface area contributed by atoms with Crippen molar-refractivity contribution in [1.29, 1.82) is 0 Å². The monoisotopic (exact) mass is 1240 g/mol. The molecule has 33 heteroatoms. The van der Waals surface area contributed by atoms with E-state index < -0.39 is 89.5 Å². The van der Waals surface area contributed by atoms with E-state index in [0.717, 1.165) is 0 Å². The third-order valence-electron chi connectivity index (χ3n) is 12.9. The van der Waals surface area contributed by atoms with Crippen molar-refractivity contribution in [2.24, 2.45) is 45.1 Å². The highest BCUT2D eigenvalue weighted by atomic mass is 16.5. The highest BCUT2D eigenvalue weighted by molar-refractivity contribution is 6.08. The number of nitrogens with two attached hydrogens (primary N) is 7. The van der Waals surface area contributed by atoms with Crippen molar-refractivity contribution in [1.82, 2.24) is 31.9 Å². The summed E-state index contributed by atoms with van der Waals surface area (Å²) in [5.41, 5.74) is 38.0. The summed E-state index contributed by atoms with van der Waals surface area (Å²) in [7, 11) is 5.19. The van der Waals surface area contributed by atoms with E-state index in [4.69, 9.17) is 59.1 Å². The number of methoxy groups -OCH3 is 4. The van der Waals surface area contributed by atoms with Crippen LogP contribution in [-0.2, 0) is 19.2 Å². The van der Waals surface area contributed by atoms with Gasteiger partial charge in [0.2, 0.25) is 23.6 Å². The van der Waals surface area contributed by atoms with Gasteiger partial charge in [0.05, 0.1) is 56.7 Å². The molecule has 24 N–H and O–H groups in total. The Labute approximate surface area is 510 Å². The van der Waals surface area contributed by atoms with Crippen molar-refractivity contribution >= 4 is 94.1 Å². The van der Waals surface area contributed by atoms with E-state index in [2.05, 4.69) is 58.2 Å². The van der Waals surface area contributed by atoms with Gasteiger partial charge >= 0.3 is 18.1 Å². The summed E-state index contributed by atoms with van der Waals surface area (Å²) >= 11 is 0. The summed E-state index contributed by atoms with van der Waals surface area (Å²) < 4.78 is 21.6. The number of anilines is 4. The van der Waals surface area contributed by atoms with Crippen molar-refractivity contribution in [2.75, 3.05) is 75.9 Å². The minimum absolute atomic E-state index is 0.00507. The van der Waals surface area contributed by atoms with Gasteiger partial charge in [0.1, 0.15) is 41.1 Å². The summed E-state index contributed by atoms with van der Waals surface area (Å²) in [6.45, 7) is 0.272. The molecular formula is C56H76N18O15. The number of nitrogens with zero attached hydrogens (tertiary/aromatic N) is 1. The molecule has 0 aliphatic heterocycles. The number of aliphatic imine (C=N–C) groups is 1. The average Bonchev–Trinajstić information content (AvgIpc) is 2.33. The number of benzene rings is 4. The predicted octanol–water partition coefficient (Wildman–Crippen LogP) is -0.304. The van der Waals surface area contributed by atoms with E-state index >= 15 is 0 Å². The zero-order chi connectivity index (χ0) is 65.7. The van der Waals surface area contributed by atoms with Crippen molar-refractivity contribution in [2.45, 2.75) is 75.5 Å². The van der Waals surface area contributed by atoms with Crippen LogP contribution in [0.3, 0.4) is 0 Å². The van der Waals surface area contributed by atoms with Gasteiger partial charge in [-0.05, 0) is 124 Å². The van der Waals surface area contributed by atoms with Gasteiger partial charge in [-0.1, -0.05) is 0 Å². The second-order valence-electron chi connectivity index (χ2n) is 19.4. The third-order valence-corrected chi connectivity index (χ3v) is 12.9. The molecule has 33 nitrogen and oxygen atoms in total. The van der Waals surface area contributed by atoms with Crippen LogP contribution >= 0.6 is 0 Å². The quantitative estimate of drug-likeness (QED) is 0.0160. The Morgan fingerprint density at radius 3 is 1.00 bits per heavy atom. The summed E-state index contributed by atoms with van der Waals surface area (Å²) in [5.74, 6) is -6.24. The number of carbonyl (C=O) groups excluding carboxylic acids is 11. The molecule has 480 valence electrons. The molecule has 0 bridgehead atoms. The molecule has 0 spiro atoms. The van der Waals surface area contributed by atoms with Crippen LogP contribution in [0.1, 0.15) is 92.8 Å². The number of primary amides is 4. The fraction of sp³-hybridized carbons (Fsp3) is 0.357. The molecule has 4 aromatic carbocycles. The number of guanidine groups is 1. The number of urea groups is 3. The molecule has 0 aliphatic rings. The lowest BCUT2D eigenvalue weighted by atomic mass is 10.1. The molecule has 0 radical (unpaired) electrons. The van der Waals surface area contributed by atoms with Gasteiger partial charge in [-0.2, -0.15) is 0 Å². The molecule has 0 heterocycles. The Kier molecular flexibility index (Phi) is 28.0. The van der Waals surface area contributed by atoms with Gasteiger partial charge in [-0.25, -0.2) is 14.4 Å². The van der Waals surface area contributed by atoms with Gasteiger partial charge < -0.3 is 112 Å². The van der Waals surface area contributed by atoms with E-state index in [0.29, 0.717) is 6.42 Å². The third kappa shape index (κ3) is 23.0.